The molecular formula is H11Al2LiO4Si. The Morgan fingerprint density at radius 2 is 0.875 bits per heavy atom. The summed E-state index contributed by atoms with van der Waals surface area (Å²) in [5, 5.41) is 0. The van der Waals surface area contributed by atoms with Gasteiger partial charge < -0.3 is 20.6 Å². The van der Waals surface area contributed by atoms with Gasteiger partial charge in [0.05, 0.1) is 0 Å². The molecule has 0 aromatic carbocycles. The third-order valence-corrected chi connectivity index (χ3v) is 0. The molecule has 0 aliphatic heterocycles. The zero-order chi connectivity index (χ0) is 4.50. The van der Waals surface area contributed by atoms with E-state index in [1.54, 1.807) is 0 Å². The van der Waals surface area contributed by atoms with Crippen LogP contribution >= 0.6 is 0 Å². The molecule has 0 radical (unpaired) electrons. The van der Waals surface area contributed by atoms with Gasteiger partial charge in [0.15, 0.2) is 34.7 Å². The van der Waals surface area contributed by atoms with Crippen LogP contribution in [0.3, 0.4) is 0 Å². The van der Waals surface area contributed by atoms with E-state index in [2.05, 4.69) is 0 Å². The summed E-state index contributed by atoms with van der Waals surface area (Å²) in [6.45, 7) is 0. The predicted octanol–water partition coefficient (Wildman–Crippen LogP) is -7.86. The molecule has 0 spiro atoms. The average Bonchev–Trinajstić information content (AvgIpc) is 0.722. The third-order valence-electron chi connectivity index (χ3n) is 0. The van der Waals surface area contributed by atoms with Crippen molar-refractivity contribution in [2.24, 2.45) is 0 Å². The van der Waals surface area contributed by atoms with Gasteiger partial charge in [0.25, 0.3) is 0 Å². The van der Waals surface area contributed by atoms with E-state index in [9.17, 15) is 0 Å². The van der Waals surface area contributed by atoms with Gasteiger partial charge in [-0.3, -0.25) is 0 Å². The molecule has 0 fully saturated rings. The van der Waals surface area contributed by atoms with Gasteiger partial charge >= 0.3 is 27.9 Å². The molecule has 0 aromatic rings. The quantitative estimate of drug-likeness (QED) is 0.268. The van der Waals surface area contributed by atoms with E-state index in [1.165, 1.54) is 0 Å². The van der Waals surface area contributed by atoms with E-state index < -0.39 is 9.05 Å². The summed E-state index contributed by atoms with van der Waals surface area (Å²) < 4.78 is 0. The van der Waals surface area contributed by atoms with Gasteiger partial charge in [0, 0.05) is 0 Å². The second kappa shape index (κ2) is 8.72. The number of hydrogen-bond donors (Lipinski definition) is 4. The molecule has 0 amide bonds. The summed E-state index contributed by atoms with van der Waals surface area (Å²) in [4.78, 5) is 29.3. The Bertz CT molecular complexity index is 34.0. The van der Waals surface area contributed by atoms with Gasteiger partial charge in [0.1, 0.15) is 0 Å². The van der Waals surface area contributed by atoms with Crippen molar-refractivity contribution in [3.8, 4) is 0 Å². The van der Waals surface area contributed by atoms with Crippen molar-refractivity contribution in [1.82, 2.24) is 0 Å². The largest absolute Gasteiger partial charge is 1.00 e. The molecule has 8 heavy (non-hydrogen) atoms. The van der Waals surface area contributed by atoms with Gasteiger partial charge in [0.2, 0.25) is 0 Å². The van der Waals surface area contributed by atoms with Gasteiger partial charge in [-0.1, -0.05) is 0 Å². The van der Waals surface area contributed by atoms with Crippen molar-refractivity contribution in [2.75, 3.05) is 0 Å². The summed E-state index contributed by atoms with van der Waals surface area (Å²) in [7, 11) is -4.61. The maximum Gasteiger partial charge on any atom is 1.00 e. The molecule has 0 aliphatic rings. The Hall–Kier alpha value is 1.72. The van der Waals surface area contributed by atoms with Gasteiger partial charge in [-0.2, -0.15) is 0 Å². The van der Waals surface area contributed by atoms with E-state index in [0.29, 0.717) is 0 Å². The first-order valence-corrected chi connectivity index (χ1v) is 2.68. The maximum atomic E-state index is 7.33. The minimum atomic E-state index is -4.61. The van der Waals surface area contributed by atoms with Crippen LogP contribution in [0.15, 0.2) is 0 Å². The normalized spacial score (nSPS) is 7.50. The van der Waals surface area contributed by atoms with Crippen LogP contribution in [-0.4, -0.2) is 63.0 Å². The van der Waals surface area contributed by atoms with Gasteiger partial charge in [-0.15, -0.1) is 0 Å². The molecule has 0 atom stereocenters. The van der Waals surface area contributed by atoms with Crippen molar-refractivity contribution in [3.05, 3.63) is 0 Å². The molecule has 0 aromatic heterocycles. The van der Waals surface area contributed by atoms with E-state index in [4.69, 9.17) is 19.2 Å². The SMILES string of the molecule is O[Si](O)(O)O.[AlH3].[AlH3].[H-].[Li+]. The smallest absolute Gasteiger partial charge is 1.00 e. The molecule has 0 heterocycles. The van der Waals surface area contributed by atoms with E-state index in [-0.39, 0.29) is 55.0 Å². The average molecular weight is 164 g/mol. The predicted molar refractivity (Wildman–Crippen MR) is 35.6 cm³/mol. The van der Waals surface area contributed by atoms with Crippen molar-refractivity contribution in [1.29, 1.82) is 0 Å². The first-order chi connectivity index (χ1) is 2.00. The minimum absolute atomic E-state index is 0. The molecule has 0 saturated carbocycles. The molecule has 0 bridgehead atoms. The van der Waals surface area contributed by atoms with Crippen molar-refractivity contribution < 1.29 is 39.5 Å². The molecule has 8 heteroatoms. The summed E-state index contributed by atoms with van der Waals surface area (Å²) in [6.07, 6.45) is 0. The first kappa shape index (κ1) is 22.6. The summed E-state index contributed by atoms with van der Waals surface area (Å²) in [5.74, 6) is 0. The Labute approximate surface area is 83.0 Å². The zero-order valence-electron chi connectivity index (χ0n) is 4.29. The van der Waals surface area contributed by atoms with Crippen molar-refractivity contribution in [2.45, 2.75) is 0 Å². The van der Waals surface area contributed by atoms with Crippen LogP contribution in [0.4, 0.5) is 0 Å². The maximum absolute atomic E-state index is 7.33. The van der Waals surface area contributed by atoms with Crippen molar-refractivity contribution >= 4 is 43.8 Å². The van der Waals surface area contributed by atoms with Crippen LogP contribution in [0, 0.1) is 0 Å². The van der Waals surface area contributed by atoms with Crippen LogP contribution in [0.5, 0.6) is 0 Å². The van der Waals surface area contributed by atoms with Crippen LogP contribution in [0.1, 0.15) is 1.43 Å². The number of rotatable bonds is 0. The van der Waals surface area contributed by atoms with Gasteiger partial charge in [-0.25, -0.2) is 0 Å². The Morgan fingerprint density at radius 1 is 0.875 bits per heavy atom. The fourth-order valence-electron chi connectivity index (χ4n) is 0. The molecule has 4 nitrogen and oxygen atoms in total. The fraction of sp³-hybridized carbons (Fsp3) is 0. The van der Waals surface area contributed by atoms with Crippen LogP contribution in [0.25, 0.3) is 0 Å². The fourth-order valence-corrected chi connectivity index (χ4v) is 0. The summed E-state index contributed by atoms with van der Waals surface area (Å²) in [6, 6.07) is 0. The Balaban J connectivity index is -0.0000000133. The summed E-state index contributed by atoms with van der Waals surface area (Å²) in [5.41, 5.74) is 0. The van der Waals surface area contributed by atoms with E-state index in [0.717, 1.165) is 0 Å². The van der Waals surface area contributed by atoms with Crippen LogP contribution < -0.4 is 18.9 Å². The standard InChI is InChI=1S/2Al.Li.H4O4Si.7H/c;;;1-5(2,3)4;;;;;;;/h;;;1-4H;;;;;;;/q;;+1;;;;;;;;-1. The molecule has 0 rings (SSSR count). The third kappa shape index (κ3) is 118. The molecular weight excluding hydrogens is 153 g/mol. The van der Waals surface area contributed by atoms with Gasteiger partial charge in [-0.05, 0) is 0 Å². The Morgan fingerprint density at radius 3 is 0.875 bits per heavy atom. The minimum Gasteiger partial charge on any atom is -1.00 e. The van der Waals surface area contributed by atoms with E-state index in [1.807, 2.05) is 0 Å². The van der Waals surface area contributed by atoms with Crippen LogP contribution in [-0.2, 0) is 0 Å². The molecule has 46 valence electrons. The molecule has 0 saturated heterocycles. The number of hydrogen-bond acceptors (Lipinski definition) is 4. The molecule has 0 aliphatic carbocycles. The van der Waals surface area contributed by atoms with Crippen molar-refractivity contribution in [3.63, 3.8) is 0 Å². The molecule has 4 N–H and O–H groups in total. The topological polar surface area (TPSA) is 80.9 Å². The summed E-state index contributed by atoms with van der Waals surface area (Å²) >= 11 is 0. The molecule has 0 unspecified atom stereocenters. The second-order valence-electron chi connectivity index (χ2n) is 0.600. The van der Waals surface area contributed by atoms with E-state index >= 15 is 0 Å². The monoisotopic (exact) mass is 164 g/mol. The first-order valence-electron chi connectivity index (χ1n) is 0.894. The van der Waals surface area contributed by atoms with Crippen LogP contribution in [0.2, 0.25) is 0 Å². The Kier molecular flexibility index (Phi) is 24.6. The zero-order valence-corrected chi connectivity index (χ0v) is 4.29. The second-order valence-corrected chi connectivity index (χ2v) is 1.80.